The van der Waals surface area contributed by atoms with Crippen molar-refractivity contribution in [2.24, 2.45) is 5.73 Å². The van der Waals surface area contributed by atoms with Gasteiger partial charge in [0, 0.05) is 6.54 Å². The normalized spacial score (nSPS) is 10.5. The van der Waals surface area contributed by atoms with E-state index in [0.717, 1.165) is 0 Å². The second kappa shape index (κ2) is 5.46. The van der Waals surface area contributed by atoms with E-state index < -0.39 is 5.82 Å². The summed E-state index contributed by atoms with van der Waals surface area (Å²) in [6, 6.07) is 4.40. The highest BCUT2D eigenvalue weighted by Crippen LogP contribution is 2.20. The van der Waals surface area contributed by atoms with Gasteiger partial charge >= 0.3 is 0 Å². The van der Waals surface area contributed by atoms with Crippen molar-refractivity contribution in [3.05, 3.63) is 29.6 Å². The third-order valence-electron chi connectivity index (χ3n) is 2.04. The molecule has 0 amide bonds. The first-order valence-electron chi connectivity index (χ1n) is 4.93. The van der Waals surface area contributed by atoms with E-state index in [1.807, 2.05) is 19.0 Å². The maximum Gasteiger partial charge on any atom is 0.137 e. The van der Waals surface area contributed by atoms with Crippen LogP contribution in [0.4, 0.5) is 4.39 Å². The van der Waals surface area contributed by atoms with Crippen LogP contribution in [0.25, 0.3) is 0 Å². The molecule has 1 aromatic rings. The van der Waals surface area contributed by atoms with E-state index in [1.54, 1.807) is 6.07 Å². The van der Waals surface area contributed by atoms with Gasteiger partial charge in [-0.2, -0.15) is 0 Å². The predicted molar refractivity (Wildman–Crippen MR) is 61.5 cm³/mol. The van der Waals surface area contributed by atoms with Gasteiger partial charge in [0.1, 0.15) is 24.0 Å². The van der Waals surface area contributed by atoms with Crippen LogP contribution in [-0.4, -0.2) is 38.0 Å². The molecule has 5 heteroatoms. The van der Waals surface area contributed by atoms with Gasteiger partial charge in [-0.15, -0.1) is 0 Å². The predicted octanol–water partition coefficient (Wildman–Crippen LogP) is 1.05. The number of halogens is 1. The molecule has 0 aromatic heterocycles. The first-order chi connectivity index (χ1) is 7.52. The summed E-state index contributed by atoms with van der Waals surface area (Å²) in [5.41, 5.74) is 5.33. The lowest BCUT2D eigenvalue weighted by Crippen LogP contribution is -2.21. The summed E-state index contributed by atoms with van der Waals surface area (Å²) in [6.45, 7) is 1.14. The second-order valence-electron chi connectivity index (χ2n) is 3.68. The van der Waals surface area contributed by atoms with E-state index in [0.29, 0.717) is 18.9 Å². The molecule has 16 heavy (non-hydrogen) atoms. The number of amidine groups is 1. The first kappa shape index (κ1) is 12.4. The average molecular weight is 225 g/mol. The molecule has 0 radical (unpaired) electrons. The van der Waals surface area contributed by atoms with Crippen LogP contribution in [-0.2, 0) is 0 Å². The summed E-state index contributed by atoms with van der Waals surface area (Å²) in [7, 11) is 3.83. The number of rotatable bonds is 5. The van der Waals surface area contributed by atoms with Gasteiger partial charge in [0.2, 0.25) is 0 Å². The molecule has 0 aliphatic carbocycles. The van der Waals surface area contributed by atoms with Gasteiger partial charge in [-0.05, 0) is 26.2 Å². The fourth-order valence-electron chi connectivity index (χ4n) is 1.22. The minimum Gasteiger partial charge on any atom is -0.491 e. The van der Waals surface area contributed by atoms with Crippen molar-refractivity contribution in [1.29, 1.82) is 5.41 Å². The number of nitrogens with one attached hydrogen (secondary N) is 1. The number of nitrogens with two attached hydrogens (primary N) is 1. The Morgan fingerprint density at radius 1 is 1.50 bits per heavy atom. The summed E-state index contributed by atoms with van der Waals surface area (Å²) in [6.07, 6.45) is 0. The third kappa shape index (κ3) is 3.20. The van der Waals surface area contributed by atoms with Crippen molar-refractivity contribution in [2.75, 3.05) is 27.2 Å². The Morgan fingerprint density at radius 3 is 2.75 bits per heavy atom. The molecule has 4 nitrogen and oxygen atoms in total. The Kier molecular flexibility index (Phi) is 4.25. The second-order valence-corrected chi connectivity index (χ2v) is 3.68. The number of likely N-dealkylation sites (N-methyl/N-ethyl adjacent to an activating group) is 1. The summed E-state index contributed by atoms with van der Waals surface area (Å²) >= 11 is 0. The molecule has 3 N–H and O–H groups in total. The molecule has 0 aliphatic rings. The van der Waals surface area contributed by atoms with Crippen LogP contribution in [0.15, 0.2) is 18.2 Å². The molecule has 1 rings (SSSR count). The molecule has 0 unspecified atom stereocenters. The van der Waals surface area contributed by atoms with E-state index >= 15 is 0 Å². The van der Waals surface area contributed by atoms with Crippen molar-refractivity contribution in [2.45, 2.75) is 0 Å². The highest BCUT2D eigenvalue weighted by molar-refractivity contribution is 5.97. The summed E-state index contributed by atoms with van der Waals surface area (Å²) in [4.78, 5) is 1.95. The van der Waals surface area contributed by atoms with Gasteiger partial charge in [-0.1, -0.05) is 6.07 Å². The van der Waals surface area contributed by atoms with Gasteiger partial charge in [-0.3, -0.25) is 5.41 Å². The maximum atomic E-state index is 13.4. The molecule has 88 valence electrons. The van der Waals surface area contributed by atoms with E-state index in [4.69, 9.17) is 15.9 Å². The molecule has 0 atom stereocenters. The Hall–Kier alpha value is -1.62. The molecular weight excluding hydrogens is 209 g/mol. The van der Waals surface area contributed by atoms with Crippen LogP contribution in [0.2, 0.25) is 0 Å². The van der Waals surface area contributed by atoms with Crippen LogP contribution < -0.4 is 10.5 Å². The summed E-state index contributed by atoms with van der Waals surface area (Å²) in [5, 5.41) is 7.28. The molecule has 0 bridgehead atoms. The zero-order valence-electron chi connectivity index (χ0n) is 9.46. The standard InChI is InChI=1S/C11H16FN3O/c1-15(2)6-7-16-9-5-3-4-8(12)10(9)11(13)14/h3-5H,6-7H2,1-2H3,(H3,13,14). The number of nitrogen functional groups attached to an aromatic ring is 1. The highest BCUT2D eigenvalue weighted by Gasteiger charge is 2.12. The van der Waals surface area contributed by atoms with Gasteiger partial charge in [0.05, 0.1) is 5.56 Å². The quantitative estimate of drug-likeness (QED) is 0.581. The van der Waals surface area contributed by atoms with Crippen molar-refractivity contribution in [3.8, 4) is 5.75 Å². The molecule has 1 aromatic carbocycles. The number of nitrogens with zero attached hydrogens (tertiary/aromatic N) is 1. The minimum atomic E-state index is -0.533. The smallest absolute Gasteiger partial charge is 0.137 e. The summed E-state index contributed by atoms with van der Waals surface area (Å²) in [5.74, 6) is -0.540. The fraction of sp³-hybridized carbons (Fsp3) is 0.364. The number of hydrogen-bond donors (Lipinski definition) is 2. The number of ether oxygens (including phenoxy) is 1. The van der Waals surface area contributed by atoms with E-state index in [1.165, 1.54) is 12.1 Å². The Labute approximate surface area is 94.3 Å². The van der Waals surface area contributed by atoms with E-state index in [9.17, 15) is 4.39 Å². The Bertz CT molecular complexity index is 379. The minimum absolute atomic E-state index is 0.0289. The third-order valence-corrected chi connectivity index (χ3v) is 2.04. The zero-order chi connectivity index (χ0) is 12.1. The van der Waals surface area contributed by atoms with Gasteiger partial charge in [-0.25, -0.2) is 4.39 Å². The lowest BCUT2D eigenvalue weighted by molar-refractivity contribution is 0.260. The maximum absolute atomic E-state index is 13.4. The van der Waals surface area contributed by atoms with Crippen molar-refractivity contribution in [3.63, 3.8) is 0 Å². The largest absolute Gasteiger partial charge is 0.491 e. The highest BCUT2D eigenvalue weighted by atomic mass is 19.1. The first-order valence-corrected chi connectivity index (χ1v) is 4.93. The molecule has 0 spiro atoms. The SMILES string of the molecule is CN(C)CCOc1cccc(F)c1C(=N)N. The Morgan fingerprint density at radius 2 is 2.19 bits per heavy atom. The van der Waals surface area contributed by atoms with E-state index in [-0.39, 0.29) is 11.4 Å². The van der Waals surface area contributed by atoms with Crippen LogP contribution in [0.5, 0.6) is 5.75 Å². The Balaban J connectivity index is 2.79. The van der Waals surface area contributed by atoms with Crippen molar-refractivity contribution >= 4 is 5.84 Å². The van der Waals surface area contributed by atoms with Crippen LogP contribution >= 0.6 is 0 Å². The monoisotopic (exact) mass is 225 g/mol. The van der Waals surface area contributed by atoms with Crippen LogP contribution in [0.3, 0.4) is 0 Å². The van der Waals surface area contributed by atoms with E-state index in [2.05, 4.69) is 0 Å². The molecule has 0 saturated carbocycles. The summed E-state index contributed by atoms with van der Waals surface area (Å²) < 4.78 is 18.8. The van der Waals surface area contributed by atoms with Gasteiger partial charge in [0.15, 0.2) is 0 Å². The number of benzene rings is 1. The van der Waals surface area contributed by atoms with Crippen molar-refractivity contribution < 1.29 is 9.13 Å². The number of hydrogen-bond acceptors (Lipinski definition) is 3. The van der Waals surface area contributed by atoms with Crippen LogP contribution in [0, 0.1) is 11.2 Å². The average Bonchev–Trinajstić information content (AvgIpc) is 2.16. The molecule has 0 heterocycles. The molecule has 0 aliphatic heterocycles. The lowest BCUT2D eigenvalue weighted by Gasteiger charge is -2.13. The topological polar surface area (TPSA) is 62.3 Å². The fourth-order valence-corrected chi connectivity index (χ4v) is 1.22. The zero-order valence-corrected chi connectivity index (χ0v) is 9.46. The molecule has 0 fully saturated rings. The van der Waals surface area contributed by atoms with Crippen LogP contribution in [0.1, 0.15) is 5.56 Å². The van der Waals surface area contributed by atoms with Gasteiger partial charge in [0.25, 0.3) is 0 Å². The molecular formula is C11H16FN3O. The van der Waals surface area contributed by atoms with Crippen molar-refractivity contribution in [1.82, 2.24) is 4.90 Å². The lowest BCUT2D eigenvalue weighted by atomic mass is 10.1. The molecule has 0 saturated heterocycles. The van der Waals surface area contributed by atoms with Gasteiger partial charge < -0.3 is 15.4 Å².